The van der Waals surface area contributed by atoms with Crippen LogP contribution in [0.2, 0.25) is 0 Å². The Morgan fingerprint density at radius 2 is 1.84 bits per heavy atom. The SMILES string of the molecule is COCC(C)C(CNCC(C)C)c1ccccc1F. The predicted octanol–water partition coefficient (Wildman–Crippen LogP) is 3.44. The summed E-state index contributed by atoms with van der Waals surface area (Å²) in [6.45, 7) is 8.82. The first-order valence-corrected chi connectivity index (χ1v) is 7.00. The predicted molar refractivity (Wildman–Crippen MR) is 77.9 cm³/mol. The maximum absolute atomic E-state index is 14.0. The van der Waals surface area contributed by atoms with Crippen LogP contribution in [0.15, 0.2) is 24.3 Å². The molecule has 0 radical (unpaired) electrons. The lowest BCUT2D eigenvalue weighted by atomic mass is 9.87. The molecule has 0 heterocycles. The number of ether oxygens (including phenoxy) is 1. The molecule has 2 nitrogen and oxygen atoms in total. The van der Waals surface area contributed by atoms with Gasteiger partial charge in [0.2, 0.25) is 0 Å². The molecule has 1 aromatic carbocycles. The van der Waals surface area contributed by atoms with Crippen LogP contribution in [0.3, 0.4) is 0 Å². The Labute approximate surface area is 116 Å². The van der Waals surface area contributed by atoms with Crippen LogP contribution in [0.5, 0.6) is 0 Å². The summed E-state index contributed by atoms with van der Waals surface area (Å²) < 4.78 is 19.2. The third-order valence-corrected chi connectivity index (χ3v) is 3.34. The zero-order chi connectivity index (χ0) is 14.3. The third-order valence-electron chi connectivity index (χ3n) is 3.34. The number of nitrogens with one attached hydrogen (secondary N) is 1. The Kier molecular flexibility index (Phi) is 7.03. The van der Waals surface area contributed by atoms with E-state index >= 15 is 0 Å². The smallest absolute Gasteiger partial charge is 0.126 e. The fraction of sp³-hybridized carbons (Fsp3) is 0.625. The number of methoxy groups -OCH3 is 1. The molecule has 0 amide bonds. The second kappa shape index (κ2) is 8.28. The minimum atomic E-state index is -0.123. The minimum absolute atomic E-state index is 0.123. The molecule has 1 aromatic rings. The summed E-state index contributed by atoms with van der Waals surface area (Å²) >= 11 is 0. The van der Waals surface area contributed by atoms with E-state index in [9.17, 15) is 4.39 Å². The van der Waals surface area contributed by atoms with Crippen molar-refractivity contribution in [2.45, 2.75) is 26.7 Å². The van der Waals surface area contributed by atoms with Gasteiger partial charge in [-0.25, -0.2) is 4.39 Å². The van der Waals surface area contributed by atoms with Crippen LogP contribution in [-0.4, -0.2) is 26.8 Å². The molecule has 0 aliphatic carbocycles. The van der Waals surface area contributed by atoms with Gasteiger partial charge in [0, 0.05) is 26.2 Å². The summed E-state index contributed by atoms with van der Waals surface area (Å²) in [7, 11) is 1.69. The van der Waals surface area contributed by atoms with Gasteiger partial charge in [-0.2, -0.15) is 0 Å². The monoisotopic (exact) mass is 267 g/mol. The molecule has 0 aromatic heterocycles. The van der Waals surface area contributed by atoms with Crippen LogP contribution in [0, 0.1) is 17.7 Å². The molecule has 0 aliphatic heterocycles. The zero-order valence-corrected chi connectivity index (χ0v) is 12.4. The second-order valence-electron chi connectivity index (χ2n) is 5.61. The first-order chi connectivity index (χ1) is 9.06. The Morgan fingerprint density at radius 3 is 2.42 bits per heavy atom. The number of rotatable bonds is 8. The second-order valence-corrected chi connectivity index (χ2v) is 5.61. The van der Waals surface area contributed by atoms with Gasteiger partial charge in [0.05, 0.1) is 0 Å². The van der Waals surface area contributed by atoms with Gasteiger partial charge in [0.15, 0.2) is 0 Å². The summed E-state index contributed by atoms with van der Waals surface area (Å²) in [5.41, 5.74) is 0.781. The molecule has 0 saturated carbocycles. The topological polar surface area (TPSA) is 21.3 Å². The van der Waals surface area contributed by atoms with Crippen LogP contribution >= 0.6 is 0 Å². The summed E-state index contributed by atoms with van der Waals surface area (Å²) in [6.07, 6.45) is 0. The van der Waals surface area contributed by atoms with Gasteiger partial charge in [0.1, 0.15) is 5.82 Å². The fourth-order valence-corrected chi connectivity index (χ4v) is 2.30. The number of halogens is 1. The number of benzene rings is 1. The van der Waals surface area contributed by atoms with E-state index in [-0.39, 0.29) is 17.7 Å². The molecule has 19 heavy (non-hydrogen) atoms. The van der Waals surface area contributed by atoms with E-state index in [0.717, 1.165) is 18.7 Å². The van der Waals surface area contributed by atoms with Crippen LogP contribution in [0.25, 0.3) is 0 Å². The molecule has 2 unspecified atom stereocenters. The van der Waals surface area contributed by atoms with Crippen molar-refractivity contribution in [3.63, 3.8) is 0 Å². The summed E-state index contributed by atoms with van der Waals surface area (Å²) in [5, 5.41) is 3.43. The lowest BCUT2D eigenvalue weighted by molar-refractivity contribution is 0.145. The van der Waals surface area contributed by atoms with Crippen molar-refractivity contribution in [3.8, 4) is 0 Å². The first kappa shape index (κ1) is 16.1. The Balaban J connectivity index is 2.77. The van der Waals surface area contributed by atoms with Gasteiger partial charge in [-0.1, -0.05) is 39.0 Å². The maximum Gasteiger partial charge on any atom is 0.126 e. The molecule has 0 spiro atoms. The molecule has 0 aliphatic rings. The van der Waals surface area contributed by atoms with E-state index in [1.807, 2.05) is 12.1 Å². The Bertz CT molecular complexity index is 368. The van der Waals surface area contributed by atoms with E-state index < -0.39 is 0 Å². The molecule has 0 bridgehead atoms. The minimum Gasteiger partial charge on any atom is -0.384 e. The van der Waals surface area contributed by atoms with Crippen molar-refractivity contribution in [3.05, 3.63) is 35.6 Å². The summed E-state index contributed by atoms with van der Waals surface area (Å²) in [5.74, 6) is 0.891. The third kappa shape index (κ3) is 5.29. The van der Waals surface area contributed by atoms with E-state index in [2.05, 4.69) is 26.1 Å². The molecule has 1 rings (SSSR count). The van der Waals surface area contributed by atoms with E-state index in [0.29, 0.717) is 12.5 Å². The van der Waals surface area contributed by atoms with Crippen molar-refractivity contribution < 1.29 is 9.13 Å². The quantitative estimate of drug-likeness (QED) is 0.779. The first-order valence-electron chi connectivity index (χ1n) is 7.00. The average Bonchev–Trinajstić information content (AvgIpc) is 2.36. The van der Waals surface area contributed by atoms with Gasteiger partial charge in [0.25, 0.3) is 0 Å². The van der Waals surface area contributed by atoms with Crippen molar-refractivity contribution in [1.29, 1.82) is 0 Å². The fourth-order valence-electron chi connectivity index (χ4n) is 2.30. The van der Waals surface area contributed by atoms with Crippen molar-refractivity contribution in [2.24, 2.45) is 11.8 Å². The van der Waals surface area contributed by atoms with E-state index in [1.54, 1.807) is 13.2 Å². The van der Waals surface area contributed by atoms with Crippen molar-refractivity contribution >= 4 is 0 Å². The lowest BCUT2D eigenvalue weighted by Gasteiger charge is -2.25. The van der Waals surface area contributed by atoms with Crippen LogP contribution in [0.1, 0.15) is 32.3 Å². The Morgan fingerprint density at radius 1 is 1.16 bits per heavy atom. The van der Waals surface area contributed by atoms with Crippen LogP contribution in [0.4, 0.5) is 4.39 Å². The average molecular weight is 267 g/mol. The summed E-state index contributed by atoms with van der Waals surface area (Å²) in [6, 6.07) is 7.04. The molecule has 1 N–H and O–H groups in total. The van der Waals surface area contributed by atoms with Gasteiger partial charge in [-0.15, -0.1) is 0 Å². The largest absolute Gasteiger partial charge is 0.384 e. The van der Waals surface area contributed by atoms with Gasteiger partial charge < -0.3 is 10.1 Å². The molecule has 3 heteroatoms. The number of hydrogen-bond acceptors (Lipinski definition) is 2. The normalized spacial score (nSPS) is 14.6. The standard InChI is InChI=1S/C16H26FNO/c1-12(2)9-18-10-15(13(3)11-19-4)14-7-5-6-8-16(14)17/h5-8,12-13,15,18H,9-11H2,1-4H3. The number of hydrogen-bond donors (Lipinski definition) is 1. The Hall–Kier alpha value is -0.930. The molecule has 2 atom stereocenters. The molecule has 108 valence electrons. The zero-order valence-electron chi connectivity index (χ0n) is 12.4. The van der Waals surface area contributed by atoms with Gasteiger partial charge in [-0.3, -0.25) is 0 Å². The van der Waals surface area contributed by atoms with Crippen LogP contribution in [-0.2, 0) is 4.74 Å². The molecule has 0 fully saturated rings. The molecular formula is C16H26FNO. The van der Waals surface area contributed by atoms with Crippen molar-refractivity contribution in [1.82, 2.24) is 5.32 Å². The maximum atomic E-state index is 14.0. The highest BCUT2D eigenvalue weighted by Gasteiger charge is 2.21. The molecule has 0 saturated heterocycles. The van der Waals surface area contributed by atoms with Gasteiger partial charge >= 0.3 is 0 Å². The van der Waals surface area contributed by atoms with E-state index in [1.165, 1.54) is 6.07 Å². The highest BCUT2D eigenvalue weighted by molar-refractivity contribution is 5.22. The lowest BCUT2D eigenvalue weighted by Crippen LogP contribution is -2.30. The summed E-state index contributed by atoms with van der Waals surface area (Å²) in [4.78, 5) is 0. The van der Waals surface area contributed by atoms with Gasteiger partial charge in [-0.05, 0) is 30.0 Å². The van der Waals surface area contributed by atoms with Crippen LogP contribution < -0.4 is 5.32 Å². The molecular weight excluding hydrogens is 241 g/mol. The highest BCUT2D eigenvalue weighted by atomic mass is 19.1. The van der Waals surface area contributed by atoms with E-state index in [4.69, 9.17) is 4.74 Å². The van der Waals surface area contributed by atoms with Crippen molar-refractivity contribution in [2.75, 3.05) is 26.8 Å². The highest BCUT2D eigenvalue weighted by Crippen LogP contribution is 2.26.